The van der Waals surface area contributed by atoms with E-state index in [4.69, 9.17) is 15.0 Å². The van der Waals surface area contributed by atoms with Crippen LogP contribution in [0.2, 0.25) is 0 Å². The van der Waals surface area contributed by atoms with Gasteiger partial charge in [-0.2, -0.15) is 5.10 Å². The van der Waals surface area contributed by atoms with Gasteiger partial charge in [-0.25, -0.2) is 4.68 Å². The number of anilines is 1. The second kappa shape index (κ2) is 11.1. The zero-order valence-corrected chi connectivity index (χ0v) is 16.8. The molecule has 1 atom stereocenters. The highest BCUT2D eigenvalue weighted by Crippen LogP contribution is 2.22. The van der Waals surface area contributed by atoms with Crippen LogP contribution in [0.15, 0.2) is 34.3 Å². The zero-order chi connectivity index (χ0) is 22.1. The number of rotatable bonds is 11. The van der Waals surface area contributed by atoms with Crippen LogP contribution in [-0.4, -0.2) is 61.1 Å². The van der Waals surface area contributed by atoms with Crippen LogP contribution < -0.4 is 16.2 Å². The van der Waals surface area contributed by atoms with Gasteiger partial charge in [-0.15, -0.1) is 0 Å². The van der Waals surface area contributed by atoms with Crippen LogP contribution in [0, 0.1) is 0 Å². The Bertz CT molecular complexity index is 1050. The molecule has 3 rings (SSSR count). The van der Waals surface area contributed by atoms with Gasteiger partial charge in [0, 0.05) is 35.5 Å². The first kappa shape index (κ1) is 22.2. The molecular weight excluding hydrogens is 406 g/mol. The number of carbonyl (C=O) groups is 2. The predicted molar refractivity (Wildman–Crippen MR) is 112 cm³/mol. The number of carbonyl (C=O) groups excluding carboxylic acids is 2. The molecule has 1 aromatic carbocycles. The molecule has 12 heteroatoms. The summed E-state index contributed by atoms with van der Waals surface area (Å²) in [6.07, 6.45) is 1.96. The molecule has 2 heterocycles. The van der Waals surface area contributed by atoms with Crippen LogP contribution in [0.5, 0.6) is 0 Å². The summed E-state index contributed by atoms with van der Waals surface area (Å²) in [5, 5.41) is 14.1. The number of benzene rings is 1. The van der Waals surface area contributed by atoms with Crippen LogP contribution in [0.4, 0.5) is 5.69 Å². The van der Waals surface area contributed by atoms with Gasteiger partial charge in [0.25, 0.3) is 11.5 Å². The largest absolute Gasteiger partial charge is 0.382 e. The number of nitrogens with one attached hydrogen (secondary N) is 2. The molecule has 164 valence electrons. The molecule has 1 aliphatic rings. The highest BCUT2D eigenvalue weighted by molar-refractivity contribution is 5.99. The lowest BCUT2D eigenvalue weighted by Crippen LogP contribution is -2.45. The van der Waals surface area contributed by atoms with Gasteiger partial charge in [0.2, 0.25) is 5.91 Å². The summed E-state index contributed by atoms with van der Waals surface area (Å²) in [7, 11) is 0. The fourth-order valence-corrected chi connectivity index (χ4v) is 3.21. The lowest BCUT2D eigenvalue weighted by Gasteiger charge is -2.22. The average Bonchev–Trinajstić information content (AvgIpc) is 2.76. The number of piperidine rings is 1. The molecule has 0 saturated carbocycles. The minimum atomic E-state index is -0.798. The van der Waals surface area contributed by atoms with E-state index >= 15 is 0 Å². The van der Waals surface area contributed by atoms with Crippen LogP contribution in [0.1, 0.15) is 18.9 Å². The van der Waals surface area contributed by atoms with Crippen molar-refractivity contribution in [3.8, 4) is 0 Å². The van der Waals surface area contributed by atoms with E-state index < -0.39 is 11.9 Å². The predicted octanol–water partition coefficient (Wildman–Crippen LogP) is 1.13. The van der Waals surface area contributed by atoms with Crippen LogP contribution in [0.25, 0.3) is 21.2 Å². The van der Waals surface area contributed by atoms with Crippen molar-refractivity contribution < 1.29 is 19.1 Å². The van der Waals surface area contributed by atoms with E-state index in [9.17, 15) is 14.4 Å². The SMILES string of the molecule is [N-]=[N+]=NCCOCCOCCNc1cccc2c(=O)n(C3CCC(=O)NC3=O)ncc12. The van der Waals surface area contributed by atoms with Crippen LogP contribution >= 0.6 is 0 Å². The molecular formula is C19H23N7O5. The first-order valence-corrected chi connectivity index (χ1v) is 9.86. The van der Waals surface area contributed by atoms with E-state index in [0.717, 1.165) is 10.4 Å². The highest BCUT2D eigenvalue weighted by Gasteiger charge is 2.30. The van der Waals surface area contributed by atoms with E-state index in [2.05, 4.69) is 25.8 Å². The van der Waals surface area contributed by atoms with Gasteiger partial charge in [-0.1, -0.05) is 11.2 Å². The Kier molecular flexibility index (Phi) is 7.93. The summed E-state index contributed by atoms with van der Waals surface area (Å²) in [6.45, 7) is 2.39. The lowest BCUT2D eigenvalue weighted by atomic mass is 10.1. The Balaban J connectivity index is 1.56. The quantitative estimate of drug-likeness (QED) is 0.178. The maximum atomic E-state index is 12.9. The monoisotopic (exact) mass is 429 g/mol. The summed E-state index contributed by atoms with van der Waals surface area (Å²) in [5.74, 6) is -0.859. The van der Waals surface area contributed by atoms with Gasteiger partial charge in [0.05, 0.1) is 38.0 Å². The fourth-order valence-electron chi connectivity index (χ4n) is 3.21. The number of amides is 2. The van der Waals surface area contributed by atoms with Crippen molar-refractivity contribution in [3.63, 3.8) is 0 Å². The van der Waals surface area contributed by atoms with E-state index in [-0.39, 0.29) is 24.3 Å². The van der Waals surface area contributed by atoms with Gasteiger partial charge in [-0.3, -0.25) is 19.7 Å². The van der Waals surface area contributed by atoms with Crippen molar-refractivity contribution in [1.29, 1.82) is 0 Å². The molecule has 12 nitrogen and oxygen atoms in total. The standard InChI is InChI=1S/C19H23N7O5/c20-25-22-7-9-31-11-10-30-8-6-21-15-3-1-2-13-14(15)12-23-26(19(13)29)16-4-5-17(27)24-18(16)28/h1-3,12,16,21H,4-11H2,(H,24,27,28). The minimum Gasteiger partial charge on any atom is -0.382 e. The lowest BCUT2D eigenvalue weighted by molar-refractivity contribution is -0.136. The Morgan fingerprint density at radius 1 is 1.19 bits per heavy atom. The number of aromatic nitrogens is 2. The van der Waals surface area contributed by atoms with Gasteiger partial charge >= 0.3 is 0 Å². The number of azide groups is 1. The molecule has 1 aliphatic heterocycles. The van der Waals surface area contributed by atoms with Crippen LogP contribution in [-0.2, 0) is 19.1 Å². The van der Waals surface area contributed by atoms with Gasteiger partial charge in [0.15, 0.2) is 0 Å². The number of hydrogen-bond acceptors (Lipinski definition) is 8. The summed E-state index contributed by atoms with van der Waals surface area (Å²) in [6, 6.07) is 4.46. The zero-order valence-electron chi connectivity index (χ0n) is 16.8. The molecule has 1 unspecified atom stereocenters. The summed E-state index contributed by atoms with van der Waals surface area (Å²) in [5.41, 5.74) is 8.50. The topological polar surface area (TPSA) is 160 Å². The third-order valence-electron chi connectivity index (χ3n) is 4.69. The van der Waals surface area contributed by atoms with E-state index in [0.29, 0.717) is 50.3 Å². The second-order valence-corrected chi connectivity index (χ2v) is 6.73. The maximum absolute atomic E-state index is 12.9. The first-order valence-electron chi connectivity index (χ1n) is 9.86. The molecule has 1 aromatic heterocycles. The molecule has 2 N–H and O–H groups in total. The van der Waals surface area contributed by atoms with Crippen LogP contribution in [0.3, 0.4) is 0 Å². The Hall–Kier alpha value is -3.47. The van der Waals surface area contributed by atoms with Crippen molar-refractivity contribution in [2.24, 2.45) is 5.11 Å². The molecule has 31 heavy (non-hydrogen) atoms. The van der Waals surface area contributed by atoms with E-state index in [1.807, 2.05) is 6.07 Å². The molecule has 2 aromatic rings. The smallest absolute Gasteiger partial charge is 0.275 e. The molecule has 0 aliphatic carbocycles. The number of hydrogen-bond donors (Lipinski definition) is 2. The highest BCUT2D eigenvalue weighted by atomic mass is 16.5. The number of nitrogens with zero attached hydrogens (tertiary/aromatic N) is 5. The molecule has 0 spiro atoms. The van der Waals surface area contributed by atoms with Crippen molar-refractivity contribution in [2.75, 3.05) is 44.8 Å². The Labute approximate surface area is 177 Å². The summed E-state index contributed by atoms with van der Waals surface area (Å²) in [4.78, 5) is 39.0. The maximum Gasteiger partial charge on any atom is 0.275 e. The Morgan fingerprint density at radius 3 is 2.77 bits per heavy atom. The van der Waals surface area contributed by atoms with Gasteiger partial charge < -0.3 is 14.8 Å². The molecule has 0 bridgehead atoms. The summed E-state index contributed by atoms with van der Waals surface area (Å²) < 4.78 is 11.9. The molecule has 2 amide bonds. The van der Waals surface area contributed by atoms with Crippen molar-refractivity contribution in [3.05, 3.63) is 45.2 Å². The Morgan fingerprint density at radius 2 is 2.00 bits per heavy atom. The van der Waals surface area contributed by atoms with Crippen molar-refractivity contribution >= 4 is 28.3 Å². The van der Waals surface area contributed by atoms with Gasteiger partial charge in [0.1, 0.15) is 6.04 Å². The molecule has 1 saturated heterocycles. The fraction of sp³-hybridized carbons (Fsp3) is 0.474. The normalized spacial score (nSPS) is 16.1. The molecule has 0 radical (unpaired) electrons. The second-order valence-electron chi connectivity index (χ2n) is 6.73. The van der Waals surface area contributed by atoms with E-state index in [1.165, 1.54) is 0 Å². The van der Waals surface area contributed by atoms with Gasteiger partial charge in [-0.05, 0) is 24.1 Å². The number of fused-ring (bicyclic) bond motifs is 1. The number of ether oxygens (including phenoxy) is 2. The third kappa shape index (κ3) is 5.79. The molecule has 1 fully saturated rings. The summed E-state index contributed by atoms with van der Waals surface area (Å²) >= 11 is 0. The first-order chi connectivity index (χ1) is 15.1. The third-order valence-corrected chi connectivity index (χ3v) is 4.69. The number of imide groups is 1. The average molecular weight is 429 g/mol. The minimum absolute atomic E-state index is 0.170. The van der Waals surface area contributed by atoms with Crippen molar-refractivity contribution in [2.45, 2.75) is 18.9 Å². The van der Waals surface area contributed by atoms with Crippen molar-refractivity contribution in [1.82, 2.24) is 15.1 Å². The van der Waals surface area contributed by atoms with E-state index in [1.54, 1.807) is 18.3 Å².